The molecule has 0 aliphatic rings. The molecule has 0 saturated heterocycles. The van der Waals surface area contributed by atoms with E-state index in [1.54, 1.807) is 0 Å². The third-order valence-electron chi connectivity index (χ3n) is 22.9. The number of benzene rings is 10. The molecule has 10 rings (SSSR count). The molecule has 0 aromatic heterocycles. The number of hydrogen-bond acceptors (Lipinski definition) is 4. The molecule has 0 fully saturated rings. The van der Waals surface area contributed by atoms with Crippen molar-refractivity contribution >= 4 is 51.2 Å². The molecular weight excluding hydrogens is 1340 g/mol. The Hall–Kier alpha value is -7.34. The molecular formula is C104H140O4Si. The normalized spacial score (nSPS) is 13.9. The van der Waals surface area contributed by atoms with Crippen molar-refractivity contribution in [1.82, 2.24) is 0 Å². The Labute approximate surface area is 662 Å². The van der Waals surface area contributed by atoms with Gasteiger partial charge in [-0.25, -0.2) is 0 Å². The molecule has 4 nitrogen and oxygen atoms in total. The van der Waals surface area contributed by atoms with Crippen molar-refractivity contribution in [2.24, 2.45) is 21.7 Å². The minimum absolute atomic E-state index is 0.00285. The van der Waals surface area contributed by atoms with E-state index in [2.05, 4.69) is 380 Å². The average molecular weight is 1480 g/mol. The van der Waals surface area contributed by atoms with Crippen LogP contribution < -0.4 is 9.47 Å². The van der Waals surface area contributed by atoms with Crippen LogP contribution in [0.15, 0.2) is 146 Å². The lowest BCUT2D eigenvalue weighted by molar-refractivity contribution is 0.283. The Kier molecular flexibility index (Phi) is 22.1. The summed E-state index contributed by atoms with van der Waals surface area (Å²) in [4.78, 5) is 0. The zero-order valence-corrected chi connectivity index (χ0v) is 75.3. The van der Waals surface area contributed by atoms with Crippen LogP contribution in [0.25, 0.3) is 87.6 Å². The molecule has 0 aliphatic heterocycles. The summed E-state index contributed by atoms with van der Waals surface area (Å²) < 4.78 is 15.1. The summed E-state index contributed by atoms with van der Waals surface area (Å²) in [6, 6.07) is 55.5. The van der Waals surface area contributed by atoms with Gasteiger partial charge in [0.1, 0.15) is 31.1 Å². The van der Waals surface area contributed by atoms with Crippen molar-refractivity contribution in [3.8, 4) is 67.5 Å². The molecule has 0 radical (unpaired) electrons. The van der Waals surface area contributed by atoms with Crippen LogP contribution in [0.3, 0.4) is 0 Å². The molecule has 10 aromatic carbocycles. The van der Waals surface area contributed by atoms with E-state index in [9.17, 15) is 10.2 Å². The molecule has 2 N–H and O–H groups in total. The molecule has 0 amide bonds. The summed E-state index contributed by atoms with van der Waals surface area (Å²) in [5, 5.41) is 37.1. The maximum Gasteiger partial charge on any atom is 0.136 e. The van der Waals surface area contributed by atoms with E-state index in [0.717, 1.165) is 125 Å². The van der Waals surface area contributed by atoms with Crippen LogP contribution in [-0.2, 0) is 43.3 Å². The monoisotopic (exact) mass is 1480 g/mol. The van der Waals surface area contributed by atoms with Gasteiger partial charge in [-0.1, -0.05) is 295 Å². The number of fused-ring (bicyclic) bond motifs is 4. The van der Waals surface area contributed by atoms with Crippen molar-refractivity contribution in [3.05, 3.63) is 190 Å². The van der Waals surface area contributed by atoms with E-state index in [-0.39, 0.29) is 76.5 Å². The van der Waals surface area contributed by atoms with Crippen LogP contribution in [0, 0.1) is 21.7 Å². The van der Waals surface area contributed by atoms with E-state index in [0.29, 0.717) is 12.5 Å². The second-order valence-corrected chi connectivity index (χ2v) is 50.6. The smallest absolute Gasteiger partial charge is 0.136 e. The van der Waals surface area contributed by atoms with Crippen LogP contribution >= 0.6 is 0 Å². The molecule has 584 valence electrons. The maximum absolute atomic E-state index is 14.0. The lowest BCUT2D eigenvalue weighted by atomic mass is 9.70. The SMILES string of the molecule is CC(C)(C)CC(C)(C)c1ccc(OC[Si](C)(C)COc2ccc(C(C)(C)CC(C)(C)C)cc2-c2cc(C(C)(C)CC(C)(C)C)cc(-c3c4cc(C(C)(C)C)ccc4cc4ccc(C(C)(C)C)cc34)c2O)c(-c2cc(C(C)(C)CC(C)(C)C)cc(-c3c4cc(C(C)(C)C)ccc4cc4ccc(C(C)(C)C)cc34)c2O)c1. The first-order chi connectivity index (χ1) is 49.5. The maximum atomic E-state index is 14.0. The predicted octanol–water partition coefficient (Wildman–Crippen LogP) is 30.7. The Balaban J connectivity index is 1.18. The van der Waals surface area contributed by atoms with Crippen molar-refractivity contribution in [2.75, 3.05) is 12.5 Å². The molecule has 0 unspecified atom stereocenters. The standard InChI is InChI=1S/C104H140O4Si/c1-93(2,3)59-101(25,26)73-43-45-87(81(53-73)83-55-75(103(29,30)61-95(7,8)9)57-85(91(83)105)89-77-49-69(97(13,14)15)39-35-65(77)47-66-36-40-70(50-78(66)89)98(16,17)18)107-63-109(33,34)64-108-88-46-44-74(102(27,28)60-94(4,5)6)54-82(88)84-56-76(104(31,32)62-96(10,11)12)58-86(92(84)106)90-79-51-71(99(19,20)21)41-37-67(79)48-68-38-42-72(52-80(68)90)100(22,23)24/h35-58,105-106H,59-64H2,1-34H3. The van der Waals surface area contributed by atoms with Crippen LogP contribution in [-0.4, -0.2) is 30.7 Å². The van der Waals surface area contributed by atoms with Crippen LogP contribution in [0.1, 0.15) is 292 Å². The van der Waals surface area contributed by atoms with Gasteiger partial charge in [0.25, 0.3) is 0 Å². The number of hydrogen-bond donors (Lipinski definition) is 2. The van der Waals surface area contributed by atoms with Crippen molar-refractivity contribution in [1.29, 1.82) is 0 Å². The zero-order valence-electron chi connectivity index (χ0n) is 74.3. The molecule has 0 spiro atoms. The van der Waals surface area contributed by atoms with Gasteiger partial charge in [0.2, 0.25) is 0 Å². The molecule has 0 saturated carbocycles. The Morgan fingerprint density at radius 2 is 0.468 bits per heavy atom. The average Bonchev–Trinajstić information content (AvgIpc) is 0.734. The molecule has 0 atom stereocenters. The van der Waals surface area contributed by atoms with E-state index in [1.807, 2.05) is 0 Å². The fourth-order valence-electron chi connectivity index (χ4n) is 18.4. The summed E-state index contributed by atoms with van der Waals surface area (Å²) in [7, 11) is -2.55. The van der Waals surface area contributed by atoms with Gasteiger partial charge < -0.3 is 19.7 Å². The van der Waals surface area contributed by atoms with Gasteiger partial charge in [0.15, 0.2) is 0 Å². The highest BCUT2D eigenvalue weighted by atomic mass is 28.3. The Morgan fingerprint density at radius 3 is 0.706 bits per heavy atom. The summed E-state index contributed by atoms with van der Waals surface area (Å²) in [5.41, 5.74) is 15.3. The molecule has 5 heteroatoms. The van der Waals surface area contributed by atoms with Crippen LogP contribution in [0.2, 0.25) is 13.1 Å². The van der Waals surface area contributed by atoms with E-state index in [1.165, 1.54) is 44.5 Å². The first-order valence-corrected chi connectivity index (χ1v) is 44.3. The number of rotatable bonds is 18. The molecule has 0 aliphatic carbocycles. The fourth-order valence-corrected chi connectivity index (χ4v) is 19.6. The Bertz CT molecular complexity index is 4620. The molecule has 0 bridgehead atoms. The third kappa shape index (κ3) is 19.1. The number of phenolic OH excluding ortho intramolecular Hbond substituents is 2. The van der Waals surface area contributed by atoms with Crippen LogP contribution in [0.4, 0.5) is 0 Å². The number of aromatic hydroxyl groups is 2. The summed E-state index contributed by atoms with van der Waals surface area (Å²) in [5.74, 6) is 1.97. The van der Waals surface area contributed by atoms with E-state index >= 15 is 0 Å². The van der Waals surface area contributed by atoms with E-state index in [4.69, 9.17) is 9.47 Å². The minimum atomic E-state index is -2.55. The lowest BCUT2D eigenvalue weighted by Gasteiger charge is -2.35. The van der Waals surface area contributed by atoms with Gasteiger partial charge >= 0.3 is 0 Å². The van der Waals surface area contributed by atoms with Gasteiger partial charge in [0, 0.05) is 44.5 Å². The zero-order chi connectivity index (χ0) is 81.3. The molecule has 109 heavy (non-hydrogen) atoms. The van der Waals surface area contributed by atoms with Gasteiger partial charge in [-0.15, -0.1) is 0 Å². The number of ether oxygens (including phenoxy) is 2. The quantitative estimate of drug-likeness (QED) is 0.0664. The van der Waals surface area contributed by atoms with Gasteiger partial charge in [-0.05, 0) is 263 Å². The summed E-state index contributed by atoms with van der Waals surface area (Å²) in [6.07, 6.45) is 4.61. The minimum Gasteiger partial charge on any atom is -0.507 e. The van der Waals surface area contributed by atoms with Crippen molar-refractivity contribution in [2.45, 2.75) is 304 Å². The number of phenols is 2. The fraction of sp³-hybridized carbons (Fsp3) is 0.500. The molecule has 10 aromatic rings. The van der Waals surface area contributed by atoms with E-state index < -0.39 is 8.07 Å². The lowest BCUT2D eigenvalue weighted by Crippen LogP contribution is -2.41. The van der Waals surface area contributed by atoms with Crippen LogP contribution in [0.5, 0.6) is 23.0 Å². The van der Waals surface area contributed by atoms with Gasteiger partial charge in [-0.3, -0.25) is 0 Å². The largest absolute Gasteiger partial charge is 0.507 e. The molecule has 0 heterocycles. The first kappa shape index (κ1) is 84.1. The first-order valence-electron chi connectivity index (χ1n) is 40.9. The third-order valence-corrected chi connectivity index (χ3v) is 24.8. The topological polar surface area (TPSA) is 58.9 Å². The Morgan fingerprint density at radius 1 is 0.248 bits per heavy atom. The second kappa shape index (κ2) is 28.7. The highest BCUT2D eigenvalue weighted by Gasteiger charge is 2.38. The summed E-state index contributed by atoms with van der Waals surface area (Å²) >= 11 is 0. The highest BCUT2D eigenvalue weighted by Crippen LogP contribution is 2.55. The summed E-state index contributed by atoms with van der Waals surface area (Å²) in [6.45, 7) is 79.3. The highest BCUT2D eigenvalue weighted by molar-refractivity contribution is 6.77. The van der Waals surface area contributed by atoms with Crippen molar-refractivity contribution < 1.29 is 19.7 Å². The van der Waals surface area contributed by atoms with Gasteiger partial charge in [-0.2, -0.15) is 0 Å². The van der Waals surface area contributed by atoms with Crippen molar-refractivity contribution in [3.63, 3.8) is 0 Å². The van der Waals surface area contributed by atoms with Gasteiger partial charge in [0.05, 0.1) is 12.5 Å². The predicted molar refractivity (Wildman–Crippen MR) is 480 cm³/mol. The second-order valence-electron chi connectivity index (χ2n) is 45.7.